The lowest BCUT2D eigenvalue weighted by Crippen LogP contribution is -3.00. The number of allylic oxidation sites excluding steroid dienone is 4. The summed E-state index contributed by atoms with van der Waals surface area (Å²) in [6.07, 6.45) is 13.8. The molecule has 1 aromatic heterocycles. The van der Waals surface area contributed by atoms with Gasteiger partial charge in [0, 0.05) is 44.0 Å². The highest BCUT2D eigenvalue weighted by molar-refractivity contribution is 7.95. The second-order valence-corrected chi connectivity index (χ2v) is 27.9. The molecule has 1 unspecified atom stereocenters. The van der Waals surface area contributed by atoms with Crippen LogP contribution in [0.4, 0.5) is 0 Å². The third-order valence-electron chi connectivity index (χ3n) is 18.1. The zero-order chi connectivity index (χ0) is 53.8. The number of ketones is 3. The molecule has 4 aromatic rings. The Morgan fingerprint density at radius 1 is 0.658 bits per heavy atom. The van der Waals surface area contributed by atoms with Crippen molar-refractivity contribution in [1.82, 2.24) is 5.16 Å². The summed E-state index contributed by atoms with van der Waals surface area (Å²) in [6.45, 7) is 44.2. The number of fused-ring (bicyclic) bond motifs is 4. The van der Waals surface area contributed by atoms with E-state index in [9.17, 15) is 14.4 Å². The maximum absolute atomic E-state index is 12.3. The van der Waals surface area contributed by atoms with E-state index in [1.165, 1.54) is 32.6 Å². The Morgan fingerprint density at radius 2 is 1.14 bits per heavy atom. The Hall–Kier alpha value is -5.01. The van der Waals surface area contributed by atoms with Gasteiger partial charge in [0.2, 0.25) is 11.5 Å². The molecule has 9 heteroatoms. The zero-order valence-corrected chi connectivity index (χ0v) is 47.1. The molecule has 10 rings (SSSR count). The molecule has 6 aliphatic rings. The van der Waals surface area contributed by atoms with E-state index in [0.717, 1.165) is 70.0 Å². The van der Waals surface area contributed by atoms with Gasteiger partial charge >= 0.3 is 0 Å². The van der Waals surface area contributed by atoms with Crippen molar-refractivity contribution in [3.05, 3.63) is 167 Å². The van der Waals surface area contributed by atoms with Crippen LogP contribution < -0.4 is 32.9 Å². The summed E-state index contributed by atoms with van der Waals surface area (Å²) in [7, 11) is -1.53. The Labute approximate surface area is 453 Å². The predicted octanol–water partition coefficient (Wildman–Crippen LogP) is 11.8. The summed E-state index contributed by atoms with van der Waals surface area (Å²) in [6, 6.07) is 32.2. The van der Waals surface area contributed by atoms with Crippen molar-refractivity contribution >= 4 is 40.5 Å². The summed E-state index contributed by atoms with van der Waals surface area (Å²) >= 11 is 0. The van der Waals surface area contributed by atoms with Gasteiger partial charge in [-0.3, -0.25) is 9.59 Å². The molecule has 0 radical (unpaired) electrons. The maximum atomic E-state index is 12.3. The van der Waals surface area contributed by atoms with Gasteiger partial charge in [-0.15, -0.1) is 0 Å². The first kappa shape index (κ1) is 57.3. The molecule has 73 heavy (non-hydrogen) atoms. The Morgan fingerprint density at radius 3 is 1.64 bits per heavy atom. The number of hydrogen-bond acceptors (Lipinski definition) is 5. The van der Waals surface area contributed by atoms with E-state index < -0.39 is 18.7 Å². The standard InChI is InChI=1S/C19H18P.C15H21NO.C15H19NO.C14H19NO2.CH4.BrH.H2/c1-20(17-11-5-2-6-12-17,18-13-7-3-8-14-18)19-15-9-4-10-16-19;2*1-10-6-7-12-14(2,3)13(17)11(16-5)9-15(12,4)8-10;1-13(2)11-5-4-10(16)7-14(11,3)6-9-8-15-17-12(9)13;;;/h2-16H,1H3;11-12H,1,6-9H2,2-4H3;9,12H,1,6-8H2,2-4H3;8,11H,4-7H2,1-3H3;1H4;2*1H/q+1;;;;;;/p-1/t;11?,12-,15-;12-,15-;11-,14+;;;/m.000.../s1/i;;;;;;1+1D. The number of rotatable bonds is 3. The van der Waals surface area contributed by atoms with Crippen molar-refractivity contribution in [3.63, 3.8) is 0 Å². The van der Waals surface area contributed by atoms with Crippen LogP contribution in [0.1, 0.15) is 148 Å². The molecule has 3 aromatic carbocycles. The summed E-state index contributed by atoms with van der Waals surface area (Å²) in [5.41, 5.74) is 3.43. The highest BCUT2D eigenvalue weighted by Gasteiger charge is 2.59. The monoisotopic (exact) mass is 1070 g/mol. The van der Waals surface area contributed by atoms with Gasteiger partial charge in [-0.1, -0.05) is 160 Å². The Kier molecular flexibility index (Phi) is 17.6. The SMILES string of the molecule is C.CC1(C)c2oncc2C[C@]2(C)CC(=O)CC[C@@H]12.C[P+](c1ccccc1)(c1ccccc1)c1ccccc1.[2H][2H].[Br-].[C-]#[N+]C1=C[C@]2(C)CC(=C)CC[C@H]2C(C)(C)C1=O.[C-]#[N+]C1C[C@]2(C)CC(=C)CC[C@H]2C(C)(C)C1=O. The van der Waals surface area contributed by atoms with Crippen molar-refractivity contribution in [2.75, 3.05) is 6.66 Å². The first-order valence-corrected chi connectivity index (χ1v) is 28.0. The van der Waals surface area contributed by atoms with E-state index in [1.54, 1.807) is 0 Å². The minimum absolute atomic E-state index is 0. The molecule has 0 bridgehead atoms. The molecule has 0 N–H and O–H groups in total. The molecule has 390 valence electrons. The molecule has 1 heterocycles. The fourth-order valence-electron chi connectivity index (χ4n) is 14.8. The van der Waals surface area contributed by atoms with Gasteiger partial charge in [0.1, 0.15) is 34.7 Å². The van der Waals surface area contributed by atoms with E-state index in [0.29, 0.717) is 35.7 Å². The van der Waals surface area contributed by atoms with E-state index in [-0.39, 0.29) is 63.0 Å². The number of aromatic nitrogens is 1. The van der Waals surface area contributed by atoms with Crippen molar-refractivity contribution in [1.29, 1.82) is 0 Å². The van der Waals surface area contributed by atoms with Gasteiger partial charge < -0.3 is 31.1 Å². The highest BCUT2D eigenvalue weighted by Crippen LogP contribution is 2.59. The number of carbonyl (C=O) groups excluding carboxylic acids is 3. The number of Topliss-reactive ketones (excluding diaryl/α,β-unsaturated/α-hetero) is 3. The molecule has 4 fully saturated rings. The van der Waals surface area contributed by atoms with Crippen LogP contribution in [0, 0.1) is 58.0 Å². The Balaban J connectivity index is 0.000000212. The van der Waals surface area contributed by atoms with Crippen molar-refractivity contribution in [2.24, 2.45) is 44.8 Å². The average molecular weight is 1070 g/mol. The van der Waals surface area contributed by atoms with Gasteiger partial charge in [-0.05, 0) is 122 Å². The van der Waals surface area contributed by atoms with E-state index in [1.807, 2.05) is 40.0 Å². The fraction of sp³-hybridized carbons (Fsp3) is 0.500. The second-order valence-electron chi connectivity index (χ2n) is 24.4. The summed E-state index contributed by atoms with van der Waals surface area (Å²) in [4.78, 5) is 43.3. The average Bonchev–Trinajstić information content (AvgIpc) is 3.84. The Bertz CT molecular complexity index is 2700. The van der Waals surface area contributed by atoms with Gasteiger partial charge in [0.25, 0.3) is 6.04 Å². The largest absolute Gasteiger partial charge is 1.00 e. The molecule has 0 spiro atoms. The minimum atomic E-state index is -1.53. The van der Waals surface area contributed by atoms with Crippen molar-refractivity contribution in [3.8, 4) is 0 Å². The van der Waals surface area contributed by atoms with Crippen LogP contribution in [0.25, 0.3) is 9.69 Å². The molecular weight excluding hydrogens is 986 g/mol. The molecule has 0 aliphatic heterocycles. The zero-order valence-electron chi connectivity index (χ0n) is 46.6. The van der Waals surface area contributed by atoms with E-state index in [2.05, 4.69) is 160 Å². The van der Waals surface area contributed by atoms with Crippen molar-refractivity contribution in [2.45, 2.75) is 152 Å². The highest BCUT2D eigenvalue weighted by atomic mass is 79.9. The van der Waals surface area contributed by atoms with Crippen LogP contribution in [0.15, 0.2) is 138 Å². The third-order valence-corrected chi connectivity index (χ3v) is 22.1. The fourth-order valence-corrected chi connectivity index (χ4v) is 17.9. The molecule has 7 nitrogen and oxygen atoms in total. The number of hydrogen-bond donors (Lipinski definition) is 0. The lowest BCUT2D eigenvalue weighted by molar-refractivity contribution is -0.142. The summed E-state index contributed by atoms with van der Waals surface area (Å²) in [5.74, 6) is 2.89. The smallest absolute Gasteiger partial charge is 0.281 e. The van der Waals surface area contributed by atoms with E-state index in [4.69, 9.17) is 20.6 Å². The lowest BCUT2D eigenvalue weighted by atomic mass is 9.50. The lowest BCUT2D eigenvalue weighted by Gasteiger charge is -2.52. The first-order chi connectivity index (χ1) is 34.4. The van der Waals surface area contributed by atoms with E-state index >= 15 is 0 Å². The quantitative estimate of drug-likeness (QED) is 0.116. The number of nitrogens with zero attached hydrogens (tertiary/aromatic N) is 3. The molecule has 6 aliphatic carbocycles. The predicted molar refractivity (Wildman–Crippen MR) is 300 cm³/mol. The van der Waals surface area contributed by atoms with Gasteiger partial charge in [0.15, 0.2) is 5.78 Å². The minimum Gasteiger partial charge on any atom is -1.00 e. The van der Waals surface area contributed by atoms with Crippen LogP contribution in [0.2, 0.25) is 0 Å². The van der Waals surface area contributed by atoms with Crippen LogP contribution >= 0.6 is 7.26 Å². The maximum Gasteiger partial charge on any atom is 0.281 e. The number of carbonyl (C=O) groups is 3. The third kappa shape index (κ3) is 11.3. The molecule has 0 saturated heterocycles. The van der Waals surface area contributed by atoms with Crippen LogP contribution in [-0.4, -0.2) is 35.2 Å². The number of benzene rings is 3. The first-order valence-electron chi connectivity index (χ1n) is 26.8. The molecule has 7 atom stereocenters. The van der Waals surface area contributed by atoms with Gasteiger partial charge in [0.05, 0.1) is 19.4 Å². The summed E-state index contributed by atoms with van der Waals surface area (Å²) < 4.78 is 15.5. The van der Waals surface area contributed by atoms with Crippen LogP contribution in [0.3, 0.4) is 0 Å². The molecule has 0 amide bonds. The van der Waals surface area contributed by atoms with Crippen molar-refractivity contribution < 1.29 is 38.9 Å². The van der Waals surface area contributed by atoms with Crippen LogP contribution in [-0.2, 0) is 26.2 Å². The van der Waals surface area contributed by atoms with Crippen LogP contribution in [0.5, 0.6) is 0 Å². The normalized spacial score (nSPS) is 29.2. The molecular formula is C64H83BrN3O4P. The number of halogens is 1. The van der Waals surface area contributed by atoms with Gasteiger partial charge in [-0.25, -0.2) is 11.4 Å². The van der Waals surface area contributed by atoms with Gasteiger partial charge in [-0.2, -0.15) is 0 Å². The summed E-state index contributed by atoms with van der Waals surface area (Å²) in [5, 5.41) is 8.23. The topological polar surface area (TPSA) is 86.0 Å². The second kappa shape index (κ2) is 22.5. The molecule has 4 saturated carbocycles.